The number of hydrogen-bond acceptors (Lipinski definition) is 3. The van der Waals surface area contributed by atoms with Crippen molar-refractivity contribution < 1.29 is 9.53 Å². The summed E-state index contributed by atoms with van der Waals surface area (Å²) in [6.07, 6.45) is 4.09. The van der Waals surface area contributed by atoms with Gasteiger partial charge in [0, 0.05) is 44.4 Å². The van der Waals surface area contributed by atoms with Gasteiger partial charge in [0.25, 0.3) is 0 Å². The van der Waals surface area contributed by atoms with Crippen LogP contribution in [0.2, 0.25) is 0 Å². The lowest BCUT2D eigenvalue weighted by molar-refractivity contribution is -0.129. The average Bonchev–Trinajstić information content (AvgIpc) is 3.00. The van der Waals surface area contributed by atoms with Crippen LogP contribution in [0.1, 0.15) is 22.6 Å². The summed E-state index contributed by atoms with van der Waals surface area (Å²) in [7, 11) is 1.72. The first kappa shape index (κ1) is 16.7. The number of carbonyl (C=O) groups is 1. The number of carbonyl (C=O) groups excluding carboxylic acids is 1. The van der Waals surface area contributed by atoms with Gasteiger partial charge in [-0.3, -0.25) is 9.78 Å². The van der Waals surface area contributed by atoms with E-state index in [1.54, 1.807) is 7.11 Å². The highest BCUT2D eigenvalue weighted by Gasteiger charge is 2.35. The number of rotatable bonds is 5. The van der Waals surface area contributed by atoms with Crippen molar-refractivity contribution in [3.63, 3.8) is 0 Å². The molecule has 1 fully saturated rings. The van der Waals surface area contributed by atoms with Crippen molar-refractivity contribution in [2.75, 3.05) is 26.8 Å². The Kier molecular flexibility index (Phi) is 5.26. The van der Waals surface area contributed by atoms with Crippen LogP contribution in [0.25, 0.3) is 0 Å². The quantitative estimate of drug-likeness (QED) is 0.849. The number of likely N-dealkylation sites (tertiary alicyclic amines) is 1. The molecule has 0 bridgehead atoms. The molecule has 2 heterocycles. The Labute approximate surface area is 143 Å². The SMILES string of the molecule is COC[C@@H]1CN(C(=O)Cc2cccc(C)c2)C[C@H]1c1ccncc1. The predicted octanol–water partition coefficient (Wildman–Crippen LogP) is 2.82. The molecule has 1 aliphatic heterocycles. The largest absolute Gasteiger partial charge is 0.384 e. The number of benzene rings is 1. The summed E-state index contributed by atoms with van der Waals surface area (Å²) in [4.78, 5) is 18.8. The van der Waals surface area contributed by atoms with Gasteiger partial charge in [-0.05, 0) is 30.2 Å². The molecule has 0 N–H and O–H groups in total. The molecule has 24 heavy (non-hydrogen) atoms. The molecular formula is C20H24N2O2. The molecule has 1 aliphatic rings. The summed E-state index contributed by atoms with van der Waals surface area (Å²) >= 11 is 0. The molecule has 1 amide bonds. The third kappa shape index (κ3) is 3.82. The van der Waals surface area contributed by atoms with E-state index in [2.05, 4.69) is 24.0 Å². The van der Waals surface area contributed by atoms with Crippen molar-refractivity contribution in [1.29, 1.82) is 0 Å². The zero-order valence-electron chi connectivity index (χ0n) is 14.3. The third-order valence-electron chi connectivity index (χ3n) is 4.75. The van der Waals surface area contributed by atoms with Crippen LogP contribution in [0.5, 0.6) is 0 Å². The maximum absolute atomic E-state index is 12.7. The van der Waals surface area contributed by atoms with Gasteiger partial charge in [0.15, 0.2) is 0 Å². The van der Waals surface area contributed by atoms with Crippen LogP contribution >= 0.6 is 0 Å². The minimum atomic E-state index is 0.193. The normalized spacial score (nSPS) is 20.3. The monoisotopic (exact) mass is 324 g/mol. The Morgan fingerprint density at radius 1 is 1.25 bits per heavy atom. The lowest BCUT2D eigenvalue weighted by Crippen LogP contribution is -2.30. The van der Waals surface area contributed by atoms with Gasteiger partial charge in [-0.2, -0.15) is 0 Å². The Morgan fingerprint density at radius 2 is 2.04 bits per heavy atom. The lowest BCUT2D eigenvalue weighted by Gasteiger charge is -2.17. The first-order valence-electron chi connectivity index (χ1n) is 8.39. The minimum Gasteiger partial charge on any atom is -0.384 e. The summed E-state index contributed by atoms with van der Waals surface area (Å²) in [5, 5.41) is 0. The fourth-order valence-corrected chi connectivity index (χ4v) is 3.55. The van der Waals surface area contributed by atoms with Crippen LogP contribution in [-0.2, 0) is 16.0 Å². The maximum atomic E-state index is 12.7. The number of aryl methyl sites for hydroxylation is 1. The Bertz CT molecular complexity index is 687. The molecule has 2 aromatic rings. The second kappa shape index (κ2) is 7.58. The average molecular weight is 324 g/mol. The number of nitrogens with zero attached hydrogens (tertiary/aromatic N) is 2. The molecule has 3 rings (SSSR count). The van der Waals surface area contributed by atoms with E-state index in [-0.39, 0.29) is 5.91 Å². The van der Waals surface area contributed by atoms with E-state index in [1.165, 1.54) is 11.1 Å². The van der Waals surface area contributed by atoms with E-state index in [4.69, 9.17) is 4.74 Å². The van der Waals surface area contributed by atoms with E-state index < -0.39 is 0 Å². The van der Waals surface area contributed by atoms with Gasteiger partial charge < -0.3 is 9.64 Å². The number of amides is 1. The molecule has 1 saturated heterocycles. The van der Waals surface area contributed by atoms with Crippen LogP contribution in [0.3, 0.4) is 0 Å². The molecular weight excluding hydrogens is 300 g/mol. The van der Waals surface area contributed by atoms with Crippen molar-refractivity contribution in [1.82, 2.24) is 9.88 Å². The van der Waals surface area contributed by atoms with Crippen LogP contribution in [0.4, 0.5) is 0 Å². The van der Waals surface area contributed by atoms with Crippen LogP contribution in [0.15, 0.2) is 48.8 Å². The van der Waals surface area contributed by atoms with Crippen LogP contribution < -0.4 is 0 Å². The molecule has 4 nitrogen and oxygen atoms in total. The number of hydrogen-bond donors (Lipinski definition) is 0. The first-order chi connectivity index (χ1) is 11.7. The standard InChI is InChI=1S/C20H24N2O2/c1-15-4-3-5-16(10-15)11-20(23)22-12-18(14-24-2)19(13-22)17-6-8-21-9-7-17/h3-10,18-19H,11-14H2,1-2H3/t18-,19-/m0/s1. The van der Waals surface area contributed by atoms with Gasteiger partial charge >= 0.3 is 0 Å². The molecule has 0 unspecified atom stereocenters. The van der Waals surface area contributed by atoms with Crippen molar-refractivity contribution in [3.05, 3.63) is 65.5 Å². The van der Waals surface area contributed by atoms with E-state index in [1.807, 2.05) is 41.6 Å². The molecule has 0 saturated carbocycles. The number of aromatic nitrogens is 1. The third-order valence-corrected chi connectivity index (χ3v) is 4.75. The van der Waals surface area contributed by atoms with Crippen LogP contribution in [0, 0.1) is 12.8 Å². The Hall–Kier alpha value is -2.20. The van der Waals surface area contributed by atoms with Crippen molar-refractivity contribution in [2.45, 2.75) is 19.3 Å². The molecule has 126 valence electrons. The summed E-state index contributed by atoms with van der Waals surface area (Å²) < 4.78 is 5.39. The highest BCUT2D eigenvalue weighted by atomic mass is 16.5. The molecule has 0 spiro atoms. The fraction of sp³-hybridized carbons (Fsp3) is 0.400. The van der Waals surface area contributed by atoms with E-state index in [0.29, 0.717) is 24.9 Å². The van der Waals surface area contributed by atoms with Gasteiger partial charge in [0.2, 0.25) is 5.91 Å². The second-order valence-electron chi connectivity index (χ2n) is 6.57. The van der Waals surface area contributed by atoms with E-state index in [9.17, 15) is 4.79 Å². The highest BCUT2D eigenvalue weighted by Crippen LogP contribution is 2.33. The number of pyridine rings is 1. The number of methoxy groups -OCH3 is 1. The molecule has 1 aromatic carbocycles. The van der Waals surface area contributed by atoms with E-state index >= 15 is 0 Å². The van der Waals surface area contributed by atoms with Crippen molar-refractivity contribution in [3.8, 4) is 0 Å². The summed E-state index contributed by atoms with van der Waals surface area (Å²) in [5.74, 6) is 0.839. The van der Waals surface area contributed by atoms with Gasteiger partial charge in [-0.15, -0.1) is 0 Å². The second-order valence-corrected chi connectivity index (χ2v) is 6.57. The maximum Gasteiger partial charge on any atom is 0.227 e. The zero-order valence-corrected chi connectivity index (χ0v) is 14.3. The van der Waals surface area contributed by atoms with Crippen molar-refractivity contribution in [2.24, 2.45) is 5.92 Å². The first-order valence-corrected chi connectivity index (χ1v) is 8.39. The molecule has 2 atom stereocenters. The van der Waals surface area contributed by atoms with E-state index in [0.717, 1.165) is 18.7 Å². The topological polar surface area (TPSA) is 42.4 Å². The van der Waals surface area contributed by atoms with Gasteiger partial charge in [0.05, 0.1) is 13.0 Å². The lowest BCUT2D eigenvalue weighted by atomic mass is 9.90. The minimum absolute atomic E-state index is 0.193. The van der Waals surface area contributed by atoms with Crippen molar-refractivity contribution >= 4 is 5.91 Å². The molecule has 1 aromatic heterocycles. The summed E-state index contributed by atoms with van der Waals surface area (Å²) in [6.45, 7) is 4.23. The fourth-order valence-electron chi connectivity index (χ4n) is 3.55. The number of ether oxygens (including phenoxy) is 1. The van der Waals surface area contributed by atoms with Gasteiger partial charge in [-0.25, -0.2) is 0 Å². The smallest absolute Gasteiger partial charge is 0.227 e. The highest BCUT2D eigenvalue weighted by molar-refractivity contribution is 5.79. The zero-order chi connectivity index (χ0) is 16.9. The predicted molar refractivity (Wildman–Crippen MR) is 93.8 cm³/mol. The van der Waals surface area contributed by atoms with Crippen LogP contribution in [-0.4, -0.2) is 42.6 Å². The molecule has 0 aliphatic carbocycles. The summed E-state index contributed by atoms with van der Waals surface area (Å²) in [5.41, 5.74) is 3.50. The van der Waals surface area contributed by atoms with Gasteiger partial charge in [0.1, 0.15) is 0 Å². The Balaban J connectivity index is 1.71. The Morgan fingerprint density at radius 3 is 2.75 bits per heavy atom. The molecule has 4 heteroatoms. The molecule has 0 radical (unpaired) electrons. The summed E-state index contributed by atoms with van der Waals surface area (Å²) in [6, 6.07) is 12.3. The van der Waals surface area contributed by atoms with Gasteiger partial charge in [-0.1, -0.05) is 29.8 Å².